The lowest BCUT2D eigenvalue weighted by Gasteiger charge is -2.26. The van der Waals surface area contributed by atoms with Crippen molar-refractivity contribution < 1.29 is 24.1 Å². The Balaban J connectivity index is 2.06. The van der Waals surface area contributed by atoms with E-state index in [0.717, 1.165) is 12.8 Å². The Morgan fingerprint density at radius 2 is 2.12 bits per heavy atom. The van der Waals surface area contributed by atoms with Gasteiger partial charge in [0.15, 0.2) is 11.9 Å². The standard InChI is InChI=1S/C11H18O5/c1-10(2)15-6-7(16-10)11(4-5-11)8(12)9(13)14-3/h7-8,12H,4-6H2,1-3H3. The van der Waals surface area contributed by atoms with E-state index < -0.39 is 23.3 Å². The van der Waals surface area contributed by atoms with E-state index in [-0.39, 0.29) is 6.10 Å². The van der Waals surface area contributed by atoms with Gasteiger partial charge in [0.05, 0.1) is 19.8 Å². The first kappa shape index (κ1) is 11.8. The van der Waals surface area contributed by atoms with Gasteiger partial charge in [-0.05, 0) is 26.7 Å². The van der Waals surface area contributed by atoms with Gasteiger partial charge in [0.1, 0.15) is 0 Å². The first-order valence-corrected chi connectivity index (χ1v) is 5.49. The molecule has 1 N–H and O–H groups in total. The molecule has 0 amide bonds. The first-order chi connectivity index (χ1) is 7.41. The molecule has 0 spiro atoms. The number of rotatable bonds is 3. The van der Waals surface area contributed by atoms with Crippen LogP contribution in [0.4, 0.5) is 0 Å². The maximum atomic E-state index is 11.3. The zero-order valence-corrected chi connectivity index (χ0v) is 9.86. The Kier molecular flexibility index (Phi) is 2.72. The summed E-state index contributed by atoms with van der Waals surface area (Å²) < 4.78 is 15.7. The topological polar surface area (TPSA) is 65.0 Å². The molecule has 2 atom stereocenters. The number of aliphatic hydroxyl groups excluding tert-OH is 1. The highest BCUT2D eigenvalue weighted by Crippen LogP contribution is 2.55. The predicted molar refractivity (Wildman–Crippen MR) is 54.6 cm³/mol. The zero-order valence-electron chi connectivity index (χ0n) is 9.86. The van der Waals surface area contributed by atoms with Crippen LogP contribution in [0.25, 0.3) is 0 Å². The average Bonchev–Trinajstić information content (AvgIpc) is 2.96. The third-order valence-electron chi connectivity index (χ3n) is 3.45. The summed E-state index contributed by atoms with van der Waals surface area (Å²) in [7, 11) is 1.28. The Hall–Kier alpha value is -0.650. The van der Waals surface area contributed by atoms with Crippen molar-refractivity contribution in [2.75, 3.05) is 13.7 Å². The van der Waals surface area contributed by atoms with Crippen molar-refractivity contribution in [2.24, 2.45) is 5.41 Å². The Morgan fingerprint density at radius 3 is 2.50 bits per heavy atom. The molecule has 2 unspecified atom stereocenters. The van der Waals surface area contributed by atoms with Gasteiger partial charge in [-0.25, -0.2) is 4.79 Å². The van der Waals surface area contributed by atoms with Crippen LogP contribution < -0.4 is 0 Å². The summed E-state index contributed by atoms with van der Waals surface area (Å²) in [5.41, 5.74) is -0.499. The summed E-state index contributed by atoms with van der Waals surface area (Å²) in [6, 6.07) is 0. The van der Waals surface area contributed by atoms with Crippen molar-refractivity contribution >= 4 is 5.97 Å². The van der Waals surface area contributed by atoms with Gasteiger partial charge in [0.25, 0.3) is 0 Å². The Morgan fingerprint density at radius 1 is 1.50 bits per heavy atom. The van der Waals surface area contributed by atoms with Gasteiger partial charge in [0.2, 0.25) is 0 Å². The molecule has 2 rings (SSSR count). The minimum absolute atomic E-state index is 0.225. The fraction of sp³-hybridized carbons (Fsp3) is 0.909. The minimum Gasteiger partial charge on any atom is -0.467 e. The molecular formula is C11H18O5. The van der Waals surface area contributed by atoms with Crippen LogP contribution >= 0.6 is 0 Å². The molecule has 2 aliphatic rings. The Labute approximate surface area is 94.7 Å². The SMILES string of the molecule is COC(=O)C(O)C1(C2COC(C)(C)O2)CC1. The van der Waals surface area contributed by atoms with Crippen molar-refractivity contribution in [2.45, 2.75) is 44.7 Å². The number of ether oxygens (including phenoxy) is 3. The molecule has 5 nitrogen and oxygen atoms in total. The number of hydrogen-bond acceptors (Lipinski definition) is 5. The fourth-order valence-electron chi connectivity index (χ4n) is 2.23. The normalized spacial score (nSPS) is 32.1. The van der Waals surface area contributed by atoms with Crippen LogP contribution in [0.3, 0.4) is 0 Å². The van der Waals surface area contributed by atoms with Gasteiger partial charge < -0.3 is 19.3 Å². The third kappa shape index (κ3) is 1.83. The molecule has 0 aromatic heterocycles. The van der Waals surface area contributed by atoms with Crippen LogP contribution in [0, 0.1) is 5.41 Å². The highest BCUT2D eigenvalue weighted by atomic mass is 16.7. The highest BCUT2D eigenvalue weighted by molar-refractivity contribution is 5.76. The quantitative estimate of drug-likeness (QED) is 0.713. The van der Waals surface area contributed by atoms with Crippen LogP contribution in [0.2, 0.25) is 0 Å². The lowest BCUT2D eigenvalue weighted by molar-refractivity contribution is -0.169. The first-order valence-electron chi connectivity index (χ1n) is 5.49. The molecule has 1 aliphatic heterocycles. The molecular weight excluding hydrogens is 212 g/mol. The molecule has 92 valence electrons. The predicted octanol–water partition coefficient (Wildman–Crippen LogP) is 0.452. The molecule has 1 heterocycles. The summed E-state index contributed by atoms with van der Waals surface area (Å²) in [4.78, 5) is 11.3. The van der Waals surface area contributed by atoms with E-state index in [1.54, 1.807) is 0 Å². The van der Waals surface area contributed by atoms with Crippen molar-refractivity contribution in [3.63, 3.8) is 0 Å². The summed E-state index contributed by atoms with van der Waals surface area (Å²) in [5, 5.41) is 9.93. The van der Waals surface area contributed by atoms with E-state index >= 15 is 0 Å². The molecule has 0 radical (unpaired) electrons. The molecule has 16 heavy (non-hydrogen) atoms. The number of methoxy groups -OCH3 is 1. The fourth-order valence-corrected chi connectivity index (χ4v) is 2.23. The van der Waals surface area contributed by atoms with Gasteiger partial charge in [-0.1, -0.05) is 0 Å². The van der Waals surface area contributed by atoms with E-state index in [9.17, 15) is 9.90 Å². The van der Waals surface area contributed by atoms with Crippen LogP contribution in [-0.2, 0) is 19.0 Å². The van der Waals surface area contributed by atoms with E-state index in [1.165, 1.54) is 7.11 Å². The third-order valence-corrected chi connectivity index (χ3v) is 3.45. The summed E-state index contributed by atoms with van der Waals surface area (Å²) in [6.45, 7) is 4.07. The number of carbonyl (C=O) groups is 1. The number of aliphatic hydroxyl groups is 1. The van der Waals surface area contributed by atoms with Crippen molar-refractivity contribution in [3.05, 3.63) is 0 Å². The van der Waals surface area contributed by atoms with E-state index in [4.69, 9.17) is 9.47 Å². The molecule has 0 bridgehead atoms. The van der Waals surface area contributed by atoms with Crippen LogP contribution in [0.1, 0.15) is 26.7 Å². The van der Waals surface area contributed by atoms with Crippen molar-refractivity contribution in [1.82, 2.24) is 0 Å². The number of esters is 1. The van der Waals surface area contributed by atoms with Gasteiger partial charge in [-0.3, -0.25) is 0 Å². The maximum absolute atomic E-state index is 11.3. The monoisotopic (exact) mass is 230 g/mol. The molecule has 5 heteroatoms. The molecule has 0 aromatic carbocycles. The van der Waals surface area contributed by atoms with E-state index in [1.807, 2.05) is 13.8 Å². The van der Waals surface area contributed by atoms with Crippen molar-refractivity contribution in [3.8, 4) is 0 Å². The second-order valence-corrected chi connectivity index (χ2v) is 4.98. The number of hydrogen-bond donors (Lipinski definition) is 1. The number of carbonyl (C=O) groups excluding carboxylic acids is 1. The summed E-state index contributed by atoms with van der Waals surface area (Å²) in [5.74, 6) is -1.22. The second kappa shape index (κ2) is 3.68. The van der Waals surface area contributed by atoms with Crippen LogP contribution in [-0.4, -0.2) is 42.8 Å². The van der Waals surface area contributed by atoms with E-state index in [2.05, 4.69) is 4.74 Å². The van der Waals surface area contributed by atoms with Crippen LogP contribution in [0.15, 0.2) is 0 Å². The van der Waals surface area contributed by atoms with Gasteiger partial charge in [-0.2, -0.15) is 0 Å². The van der Waals surface area contributed by atoms with Gasteiger partial charge in [0, 0.05) is 5.41 Å². The second-order valence-electron chi connectivity index (χ2n) is 4.98. The van der Waals surface area contributed by atoms with Gasteiger partial charge in [-0.15, -0.1) is 0 Å². The van der Waals surface area contributed by atoms with Crippen LogP contribution in [0.5, 0.6) is 0 Å². The summed E-state index contributed by atoms with van der Waals surface area (Å²) >= 11 is 0. The molecule has 0 aromatic rings. The minimum atomic E-state index is -1.11. The smallest absolute Gasteiger partial charge is 0.335 e. The molecule has 1 aliphatic carbocycles. The Bertz CT molecular complexity index is 295. The lowest BCUT2D eigenvalue weighted by atomic mass is 9.92. The largest absolute Gasteiger partial charge is 0.467 e. The van der Waals surface area contributed by atoms with Gasteiger partial charge >= 0.3 is 5.97 Å². The van der Waals surface area contributed by atoms with Crippen molar-refractivity contribution in [1.29, 1.82) is 0 Å². The zero-order chi connectivity index (χ0) is 12.0. The maximum Gasteiger partial charge on any atom is 0.335 e. The molecule has 1 saturated carbocycles. The highest BCUT2D eigenvalue weighted by Gasteiger charge is 2.61. The molecule has 1 saturated heterocycles. The van der Waals surface area contributed by atoms with E-state index in [0.29, 0.717) is 6.61 Å². The summed E-state index contributed by atoms with van der Waals surface area (Å²) in [6.07, 6.45) is 0.206. The molecule has 2 fully saturated rings. The lowest BCUT2D eigenvalue weighted by Crippen LogP contribution is -2.41. The average molecular weight is 230 g/mol.